The molecule has 2 rings (SSSR count). The van der Waals surface area contributed by atoms with Gasteiger partial charge in [-0.25, -0.2) is 12.1 Å². The molecule has 0 heterocycles. The van der Waals surface area contributed by atoms with Gasteiger partial charge in [0.2, 0.25) is 0 Å². The van der Waals surface area contributed by atoms with Crippen molar-refractivity contribution in [3.05, 3.63) is 86.2 Å². The van der Waals surface area contributed by atoms with E-state index in [-0.39, 0.29) is 21.1 Å². The Morgan fingerprint density at radius 3 is 1.40 bits per heavy atom. The van der Waals surface area contributed by atoms with Crippen molar-refractivity contribution in [2.75, 3.05) is 0 Å². The Morgan fingerprint density at radius 1 is 0.800 bits per heavy atom. The monoisotopic (exact) mass is 438 g/mol. The van der Waals surface area contributed by atoms with Crippen molar-refractivity contribution in [2.45, 2.75) is 0 Å². The van der Waals surface area contributed by atoms with Crippen molar-refractivity contribution < 1.29 is 39.8 Å². The Hall–Kier alpha value is -1.85. The fraction of sp³-hybridized carbons (Fsp3) is 0. The SMILES string of the molecule is O=[C-]c1ccccc1.[C-]#[O+].[C-]#[O+].[C-]#[O+].[W].c1cc[cH-]c1. The molecule has 0 N–H and O–H groups in total. The van der Waals surface area contributed by atoms with Gasteiger partial charge in [-0.3, -0.25) is 0 Å². The van der Waals surface area contributed by atoms with Crippen molar-refractivity contribution in [2.24, 2.45) is 0 Å². The normalized spacial score (nSPS) is 5.70. The molecule has 2 aromatic rings. The molecule has 0 amide bonds. The van der Waals surface area contributed by atoms with Crippen LogP contribution in [0, 0.1) is 20.0 Å². The van der Waals surface area contributed by atoms with Crippen LogP contribution in [0.2, 0.25) is 0 Å². The maximum atomic E-state index is 9.88. The van der Waals surface area contributed by atoms with Crippen LogP contribution < -0.4 is 0 Å². The third kappa shape index (κ3) is 21.4. The minimum Gasteiger partial charge on any atom is -0.214 e. The van der Waals surface area contributed by atoms with E-state index in [1.165, 1.54) is 0 Å². The van der Waals surface area contributed by atoms with Crippen LogP contribution in [0.15, 0.2) is 60.7 Å². The standard InChI is InChI=1S/C7H5O.C5H5.3CO.W/c8-6-7-4-2-1-3-5-7;1-2-4-5-3-1;3*1-2;/h1-5H;1-5H;;;;/q2*-1;;;;. The van der Waals surface area contributed by atoms with Crippen LogP contribution in [0.1, 0.15) is 5.56 Å². The van der Waals surface area contributed by atoms with Gasteiger partial charge in [0, 0.05) is 21.1 Å². The first-order valence-corrected chi connectivity index (χ1v) is 4.64. The van der Waals surface area contributed by atoms with Gasteiger partial charge in [-0.15, -0.1) is 12.1 Å². The van der Waals surface area contributed by atoms with E-state index < -0.39 is 0 Å². The Kier molecular flexibility index (Phi) is 40.4. The largest absolute Gasteiger partial charge is 0.214 e. The second-order valence-electron chi connectivity index (χ2n) is 2.43. The van der Waals surface area contributed by atoms with Crippen molar-refractivity contribution in [1.82, 2.24) is 0 Å². The fourth-order valence-corrected chi connectivity index (χ4v) is 0.827. The summed E-state index contributed by atoms with van der Waals surface area (Å²) in [5.41, 5.74) is 0.604. The van der Waals surface area contributed by atoms with Crippen LogP contribution in [-0.2, 0) is 39.8 Å². The van der Waals surface area contributed by atoms with Gasteiger partial charge in [0.15, 0.2) is 0 Å². The predicted molar refractivity (Wildman–Crippen MR) is 65.1 cm³/mol. The molecular weight excluding hydrogens is 428 g/mol. The van der Waals surface area contributed by atoms with Gasteiger partial charge in [0.05, 0.1) is 6.29 Å². The van der Waals surface area contributed by atoms with Crippen molar-refractivity contribution >= 4 is 6.29 Å². The summed E-state index contributed by atoms with van der Waals surface area (Å²) in [4.78, 5) is 9.88. The Bertz CT molecular complexity index is 398. The van der Waals surface area contributed by atoms with Crippen LogP contribution in [-0.4, -0.2) is 6.29 Å². The molecule has 0 aromatic heterocycles. The van der Waals surface area contributed by atoms with Crippen LogP contribution in [0.25, 0.3) is 0 Å². The van der Waals surface area contributed by atoms with Crippen molar-refractivity contribution in [1.29, 1.82) is 0 Å². The van der Waals surface area contributed by atoms with E-state index in [1.54, 1.807) is 30.6 Å². The first-order chi connectivity index (χ1) is 9.43. The first-order valence-electron chi connectivity index (χ1n) is 4.64. The summed E-state index contributed by atoms with van der Waals surface area (Å²) >= 11 is 0. The zero-order valence-corrected chi connectivity index (χ0v) is 13.2. The van der Waals surface area contributed by atoms with Gasteiger partial charge in [-0.1, -0.05) is 6.07 Å². The molecule has 0 saturated heterocycles. The number of rotatable bonds is 1. The molecular formula is C15H10O4W-2. The Morgan fingerprint density at radius 2 is 1.20 bits per heavy atom. The minimum atomic E-state index is 0. The summed E-state index contributed by atoms with van der Waals surface area (Å²) in [6.45, 7) is 13.5. The van der Waals surface area contributed by atoms with Gasteiger partial charge in [-0.2, -0.15) is 35.9 Å². The van der Waals surface area contributed by atoms with Crippen molar-refractivity contribution in [3.63, 3.8) is 0 Å². The molecule has 20 heavy (non-hydrogen) atoms. The molecule has 0 spiro atoms. The summed E-state index contributed by atoms with van der Waals surface area (Å²) in [5, 5.41) is 0. The van der Waals surface area contributed by atoms with Gasteiger partial charge in [0.25, 0.3) is 0 Å². The molecule has 0 saturated carbocycles. The quantitative estimate of drug-likeness (QED) is 0.498. The van der Waals surface area contributed by atoms with Gasteiger partial charge in [0.1, 0.15) is 0 Å². The Labute approximate surface area is 132 Å². The zero-order valence-electron chi connectivity index (χ0n) is 10.3. The molecule has 0 radical (unpaired) electrons. The molecule has 102 valence electrons. The predicted octanol–water partition coefficient (Wildman–Crippen LogP) is 2.43. The second kappa shape index (κ2) is 30.3. The van der Waals surface area contributed by atoms with E-state index in [9.17, 15) is 4.79 Å². The average molecular weight is 438 g/mol. The molecule has 2 aromatic carbocycles. The van der Waals surface area contributed by atoms with Crippen LogP contribution >= 0.6 is 0 Å². The maximum Gasteiger partial charge on any atom is 0 e. The van der Waals surface area contributed by atoms with E-state index in [0.29, 0.717) is 5.56 Å². The van der Waals surface area contributed by atoms with E-state index >= 15 is 0 Å². The Balaban J connectivity index is -0.0000000933. The molecule has 5 heteroatoms. The summed E-state index contributed by atoms with van der Waals surface area (Å²) in [5.74, 6) is 0. The molecule has 0 fully saturated rings. The fourth-order valence-electron chi connectivity index (χ4n) is 0.827. The van der Waals surface area contributed by atoms with Crippen LogP contribution in [0.5, 0.6) is 0 Å². The van der Waals surface area contributed by atoms with Crippen LogP contribution in [0.3, 0.4) is 0 Å². The first kappa shape index (κ1) is 26.7. The zero-order chi connectivity index (χ0) is 15.4. The maximum absolute atomic E-state index is 9.88. The second-order valence-corrected chi connectivity index (χ2v) is 2.43. The van der Waals surface area contributed by atoms with Crippen molar-refractivity contribution in [3.8, 4) is 0 Å². The molecule has 4 nitrogen and oxygen atoms in total. The van der Waals surface area contributed by atoms with Gasteiger partial charge in [-0.05, 0) is 0 Å². The molecule has 0 atom stereocenters. The smallest absolute Gasteiger partial charge is 0 e. The van der Waals surface area contributed by atoms with E-state index in [4.69, 9.17) is 14.0 Å². The molecule has 0 bridgehead atoms. The summed E-state index contributed by atoms with van der Waals surface area (Å²) in [6, 6.07) is 18.9. The molecule has 0 aliphatic rings. The summed E-state index contributed by atoms with van der Waals surface area (Å²) in [6.07, 6.45) is 1.78. The average Bonchev–Trinajstić information content (AvgIpc) is 3.14. The topological polar surface area (TPSA) is 76.8 Å². The number of hydrogen-bond donors (Lipinski definition) is 0. The number of carbonyl (C=O) groups excluding carboxylic acids is 1. The number of hydrogen-bond acceptors (Lipinski definition) is 1. The summed E-state index contributed by atoms with van der Waals surface area (Å²) in [7, 11) is 0. The van der Waals surface area contributed by atoms with Crippen LogP contribution in [0.4, 0.5) is 0 Å². The number of benzene rings is 1. The third-order valence-corrected chi connectivity index (χ3v) is 1.45. The van der Waals surface area contributed by atoms with E-state index in [1.807, 2.05) is 36.4 Å². The minimum absolute atomic E-state index is 0. The molecule has 0 aliphatic carbocycles. The molecule has 0 unspecified atom stereocenters. The van der Waals surface area contributed by atoms with E-state index in [0.717, 1.165) is 0 Å². The summed E-state index contributed by atoms with van der Waals surface area (Å²) < 4.78 is 22.5. The molecule has 0 aliphatic heterocycles. The van der Waals surface area contributed by atoms with Gasteiger partial charge < -0.3 is 4.79 Å². The van der Waals surface area contributed by atoms with E-state index in [2.05, 4.69) is 20.0 Å². The van der Waals surface area contributed by atoms with Gasteiger partial charge >= 0.3 is 33.9 Å². The third-order valence-electron chi connectivity index (χ3n) is 1.45.